The molecule has 3 saturated heterocycles. The van der Waals surface area contributed by atoms with Gasteiger partial charge in [-0.15, -0.1) is 0 Å². The number of rotatable bonds is 4. The van der Waals surface area contributed by atoms with Crippen LogP contribution >= 0.6 is 0 Å². The molecule has 1 spiro atoms. The summed E-state index contributed by atoms with van der Waals surface area (Å²) < 4.78 is 18.6. The quantitative estimate of drug-likeness (QED) is 0.579. The van der Waals surface area contributed by atoms with E-state index in [1.807, 2.05) is 6.92 Å². The van der Waals surface area contributed by atoms with Gasteiger partial charge in [0.25, 0.3) is 0 Å². The normalized spacial score (nSPS) is 51.3. The molecule has 3 aliphatic heterocycles. The molecule has 7 atom stereocenters. The minimum atomic E-state index is -0.560. The summed E-state index contributed by atoms with van der Waals surface area (Å²) in [5.74, 6) is 0.743. The van der Waals surface area contributed by atoms with Gasteiger partial charge in [0.15, 0.2) is 5.79 Å². The molecule has 0 amide bonds. The number of esters is 1. The number of unbranched alkanes of at least 4 members (excludes halogenated alkanes) is 2. The van der Waals surface area contributed by atoms with E-state index in [9.17, 15) is 4.79 Å². The van der Waals surface area contributed by atoms with Crippen molar-refractivity contribution in [3.8, 4) is 0 Å². The molecule has 4 aliphatic rings. The van der Waals surface area contributed by atoms with Crippen LogP contribution in [0, 0.1) is 23.7 Å². The molecule has 0 aromatic rings. The Morgan fingerprint density at radius 2 is 2.00 bits per heavy atom. The van der Waals surface area contributed by atoms with Crippen LogP contribution in [0.4, 0.5) is 0 Å². The zero-order valence-corrected chi connectivity index (χ0v) is 14.7. The van der Waals surface area contributed by atoms with E-state index in [2.05, 4.69) is 13.8 Å². The molecule has 1 aliphatic carbocycles. The number of hydrogen-bond donors (Lipinski definition) is 0. The van der Waals surface area contributed by atoms with E-state index in [1.54, 1.807) is 0 Å². The summed E-state index contributed by atoms with van der Waals surface area (Å²) in [7, 11) is 0. The van der Waals surface area contributed by atoms with E-state index in [-0.39, 0.29) is 23.4 Å². The van der Waals surface area contributed by atoms with Crippen molar-refractivity contribution in [2.75, 3.05) is 0 Å². The lowest BCUT2D eigenvalue weighted by atomic mass is 9.56. The van der Waals surface area contributed by atoms with Gasteiger partial charge in [0, 0.05) is 12.3 Å². The van der Waals surface area contributed by atoms with Gasteiger partial charge in [0.2, 0.25) is 6.29 Å². The first-order valence-corrected chi connectivity index (χ1v) is 9.58. The molecule has 2 bridgehead atoms. The average Bonchev–Trinajstić information content (AvgIpc) is 2.72. The molecule has 4 heteroatoms. The van der Waals surface area contributed by atoms with Crippen molar-refractivity contribution >= 4 is 5.97 Å². The Kier molecular flexibility index (Phi) is 3.77. The molecule has 0 aromatic heterocycles. The fourth-order valence-electron chi connectivity index (χ4n) is 5.81. The molecule has 130 valence electrons. The number of carbonyl (C=O) groups excluding carboxylic acids is 1. The van der Waals surface area contributed by atoms with Crippen LogP contribution in [0.5, 0.6) is 0 Å². The van der Waals surface area contributed by atoms with E-state index in [4.69, 9.17) is 14.2 Å². The van der Waals surface area contributed by atoms with Crippen LogP contribution in [0.25, 0.3) is 0 Å². The van der Waals surface area contributed by atoms with Gasteiger partial charge in [-0.25, -0.2) is 0 Å². The van der Waals surface area contributed by atoms with Crippen molar-refractivity contribution in [1.29, 1.82) is 0 Å². The third kappa shape index (κ3) is 2.21. The van der Waals surface area contributed by atoms with E-state index in [1.165, 1.54) is 19.3 Å². The summed E-state index contributed by atoms with van der Waals surface area (Å²) in [5, 5.41) is 0. The molecule has 4 rings (SSSR count). The van der Waals surface area contributed by atoms with Crippen LogP contribution < -0.4 is 0 Å². The monoisotopic (exact) mass is 322 g/mol. The molecule has 4 nitrogen and oxygen atoms in total. The summed E-state index contributed by atoms with van der Waals surface area (Å²) in [6, 6.07) is 0. The Morgan fingerprint density at radius 1 is 1.17 bits per heavy atom. The highest BCUT2D eigenvalue weighted by molar-refractivity contribution is 5.74. The van der Waals surface area contributed by atoms with Crippen LogP contribution in [-0.2, 0) is 19.0 Å². The number of carbonyl (C=O) groups is 1. The van der Waals surface area contributed by atoms with Gasteiger partial charge in [-0.1, -0.05) is 33.1 Å². The minimum absolute atomic E-state index is 0.00292. The molecular weight excluding hydrogens is 292 g/mol. The third-order valence-electron chi connectivity index (χ3n) is 6.94. The summed E-state index contributed by atoms with van der Waals surface area (Å²) in [5.41, 5.74) is -0.380. The first-order valence-electron chi connectivity index (χ1n) is 9.58. The fraction of sp³-hybridized carbons (Fsp3) is 0.947. The predicted octanol–water partition coefficient (Wildman–Crippen LogP) is 4.02. The first kappa shape index (κ1) is 15.9. The smallest absolute Gasteiger partial charge is 0.311 e. The van der Waals surface area contributed by atoms with Crippen molar-refractivity contribution in [2.45, 2.75) is 89.8 Å². The second kappa shape index (κ2) is 5.45. The molecule has 4 fully saturated rings. The number of fused-ring (bicyclic) bond motifs is 1. The Labute approximate surface area is 139 Å². The SMILES string of the molecule is CCCCC[C@H]1C(=O)O[C@@H]2O[C@@]3(C)CC[C@H]4[C@H](C)CC[C@@H]1[C@@]24O3. The van der Waals surface area contributed by atoms with Crippen molar-refractivity contribution in [3.05, 3.63) is 0 Å². The standard InChI is InChI=1S/C19H30O4/c1-4-5-6-7-13-15-9-8-12(2)14-10-11-18(3)22-17(21-16(13)20)19(14,15)23-18/h12-15,17H,4-11H2,1-3H3/t12-,13-,14+,15+,17-,18-,19-/m1/s1. The van der Waals surface area contributed by atoms with E-state index >= 15 is 0 Å². The van der Waals surface area contributed by atoms with Crippen LogP contribution in [0.3, 0.4) is 0 Å². The Balaban J connectivity index is 1.67. The van der Waals surface area contributed by atoms with Gasteiger partial charge in [0.05, 0.1) is 5.92 Å². The zero-order chi connectivity index (χ0) is 16.2. The molecule has 0 radical (unpaired) electrons. The summed E-state index contributed by atoms with van der Waals surface area (Å²) in [4.78, 5) is 12.6. The lowest BCUT2D eigenvalue weighted by molar-refractivity contribution is -0.265. The summed E-state index contributed by atoms with van der Waals surface area (Å²) in [6.45, 7) is 6.55. The highest BCUT2D eigenvalue weighted by atomic mass is 16.8. The van der Waals surface area contributed by atoms with Gasteiger partial charge in [-0.05, 0) is 44.4 Å². The molecule has 1 saturated carbocycles. The molecule has 0 N–H and O–H groups in total. The lowest BCUT2D eigenvalue weighted by Gasteiger charge is -2.56. The molecule has 0 aromatic carbocycles. The Bertz CT molecular complexity index is 492. The Hall–Kier alpha value is -0.610. The van der Waals surface area contributed by atoms with Crippen molar-refractivity contribution in [1.82, 2.24) is 0 Å². The maximum absolute atomic E-state index is 12.6. The van der Waals surface area contributed by atoms with Crippen LogP contribution in [-0.4, -0.2) is 23.6 Å². The van der Waals surface area contributed by atoms with Crippen molar-refractivity contribution in [3.63, 3.8) is 0 Å². The zero-order valence-electron chi connectivity index (χ0n) is 14.7. The van der Waals surface area contributed by atoms with Gasteiger partial charge in [-0.3, -0.25) is 4.79 Å². The first-order chi connectivity index (χ1) is 11.0. The van der Waals surface area contributed by atoms with Crippen LogP contribution in [0.2, 0.25) is 0 Å². The lowest BCUT2D eigenvalue weighted by Crippen LogP contribution is -2.65. The summed E-state index contributed by atoms with van der Waals surface area (Å²) >= 11 is 0. The Morgan fingerprint density at radius 3 is 2.78 bits per heavy atom. The topological polar surface area (TPSA) is 44.8 Å². The van der Waals surface area contributed by atoms with Crippen molar-refractivity contribution in [2.24, 2.45) is 23.7 Å². The average molecular weight is 322 g/mol. The third-order valence-corrected chi connectivity index (χ3v) is 6.94. The van der Waals surface area contributed by atoms with Gasteiger partial charge < -0.3 is 14.2 Å². The van der Waals surface area contributed by atoms with Gasteiger partial charge in [-0.2, -0.15) is 0 Å². The number of ether oxygens (including phenoxy) is 3. The maximum Gasteiger partial charge on any atom is 0.311 e. The van der Waals surface area contributed by atoms with E-state index in [0.717, 1.165) is 32.1 Å². The minimum Gasteiger partial charge on any atom is -0.432 e. The molecule has 0 unspecified atom stereocenters. The summed E-state index contributed by atoms with van der Waals surface area (Å²) in [6.07, 6.45) is 8.22. The highest BCUT2D eigenvalue weighted by Crippen LogP contribution is 2.63. The predicted molar refractivity (Wildman–Crippen MR) is 85.4 cm³/mol. The van der Waals surface area contributed by atoms with Gasteiger partial charge in [0.1, 0.15) is 5.60 Å². The highest BCUT2D eigenvalue weighted by Gasteiger charge is 2.72. The second-order valence-corrected chi connectivity index (χ2v) is 8.38. The van der Waals surface area contributed by atoms with Crippen LogP contribution in [0.15, 0.2) is 0 Å². The fourth-order valence-corrected chi connectivity index (χ4v) is 5.81. The van der Waals surface area contributed by atoms with E-state index in [0.29, 0.717) is 11.8 Å². The maximum atomic E-state index is 12.6. The number of hydrogen-bond acceptors (Lipinski definition) is 4. The van der Waals surface area contributed by atoms with Gasteiger partial charge >= 0.3 is 5.97 Å². The molecular formula is C19H30O4. The van der Waals surface area contributed by atoms with E-state index < -0.39 is 12.1 Å². The second-order valence-electron chi connectivity index (χ2n) is 8.38. The van der Waals surface area contributed by atoms with Crippen LogP contribution in [0.1, 0.15) is 72.1 Å². The largest absolute Gasteiger partial charge is 0.432 e. The van der Waals surface area contributed by atoms with Crippen molar-refractivity contribution < 1.29 is 19.0 Å². The molecule has 23 heavy (non-hydrogen) atoms. The molecule has 3 heterocycles.